The molecule has 0 aromatic heterocycles. The van der Waals surface area contributed by atoms with Crippen LogP contribution < -0.4 is 5.48 Å². The van der Waals surface area contributed by atoms with Crippen LogP contribution in [0.2, 0.25) is 0 Å². The fraction of sp³-hybridized carbons (Fsp3) is 0.833. The van der Waals surface area contributed by atoms with Crippen LogP contribution in [0.25, 0.3) is 0 Å². The van der Waals surface area contributed by atoms with E-state index in [1.165, 1.54) is 0 Å². The van der Waals surface area contributed by atoms with Crippen molar-refractivity contribution in [2.24, 2.45) is 0 Å². The SMILES string of the molecule is CN(C)CCONC(=O)[C@@H]1CC[C@@H]2CN1C(=O)N2C. The summed E-state index contributed by atoms with van der Waals surface area (Å²) in [4.78, 5) is 34.4. The summed E-state index contributed by atoms with van der Waals surface area (Å²) < 4.78 is 0. The smallest absolute Gasteiger partial charge is 0.320 e. The fourth-order valence-corrected chi connectivity index (χ4v) is 2.53. The quantitative estimate of drug-likeness (QED) is 0.540. The van der Waals surface area contributed by atoms with Crippen LogP contribution in [-0.4, -0.2) is 79.6 Å². The number of carbonyl (C=O) groups is 2. The van der Waals surface area contributed by atoms with Crippen molar-refractivity contribution < 1.29 is 14.4 Å². The lowest BCUT2D eigenvalue weighted by atomic mass is 10.0. The van der Waals surface area contributed by atoms with Gasteiger partial charge in [0.05, 0.1) is 12.6 Å². The average molecular weight is 270 g/mol. The molecule has 19 heavy (non-hydrogen) atoms. The molecule has 108 valence electrons. The minimum absolute atomic E-state index is 0.0593. The third-order valence-electron chi connectivity index (χ3n) is 3.77. The molecule has 0 spiro atoms. The number of nitrogens with zero attached hydrogens (tertiary/aromatic N) is 3. The van der Waals surface area contributed by atoms with Crippen molar-refractivity contribution in [3.63, 3.8) is 0 Å². The molecule has 2 aliphatic rings. The first-order chi connectivity index (χ1) is 9.00. The number of hydrogen-bond acceptors (Lipinski definition) is 4. The highest BCUT2D eigenvalue weighted by atomic mass is 16.7. The number of hydrogen-bond donors (Lipinski definition) is 1. The summed E-state index contributed by atoms with van der Waals surface area (Å²) in [6, 6.07) is -0.199. The van der Waals surface area contributed by atoms with Gasteiger partial charge in [-0.3, -0.25) is 9.63 Å². The van der Waals surface area contributed by atoms with E-state index in [0.29, 0.717) is 19.6 Å². The summed E-state index contributed by atoms with van der Waals surface area (Å²) in [6.45, 7) is 1.81. The lowest BCUT2D eigenvalue weighted by Gasteiger charge is -2.29. The van der Waals surface area contributed by atoms with Gasteiger partial charge in [-0.2, -0.15) is 0 Å². The van der Waals surface area contributed by atoms with E-state index in [9.17, 15) is 9.59 Å². The monoisotopic (exact) mass is 270 g/mol. The lowest BCUT2D eigenvalue weighted by molar-refractivity contribution is -0.139. The Labute approximate surface area is 113 Å². The Morgan fingerprint density at radius 2 is 2.21 bits per heavy atom. The number of rotatable bonds is 5. The Kier molecular flexibility index (Phi) is 4.26. The van der Waals surface area contributed by atoms with Gasteiger partial charge in [0.1, 0.15) is 6.04 Å². The summed E-state index contributed by atoms with van der Waals surface area (Å²) in [6.07, 6.45) is 1.57. The van der Waals surface area contributed by atoms with Crippen molar-refractivity contribution in [1.29, 1.82) is 0 Å². The van der Waals surface area contributed by atoms with Crippen LogP contribution in [0, 0.1) is 0 Å². The third-order valence-corrected chi connectivity index (χ3v) is 3.77. The van der Waals surface area contributed by atoms with E-state index in [0.717, 1.165) is 13.0 Å². The van der Waals surface area contributed by atoms with E-state index in [-0.39, 0.29) is 18.0 Å². The van der Waals surface area contributed by atoms with Gasteiger partial charge in [-0.25, -0.2) is 10.3 Å². The van der Waals surface area contributed by atoms with E-state index in [2.05, 4.69) is 5.48 Å². The van der Waals surface area contributed by atoms with Gasteiger partial charge in [0, 0.05) is 20.1 Å². The highest BCUT2D eigenvalue weighted by molar-refractivity contribution is 5.88. The Morgan fingerprint density at radius 1 is 1.47 bits per heavy atom. The van der Waals surface area contributed by atoms with Gasteiger partial charge in [-0.1, -0.05) is 0 Å². The number of likely N-dealkylation sites (N-methyl/N-ethyl adjacent to an activating group) is 2. The van der Waals surface area contributed by atoms with Crippen LogP contribution >= 0.6 is 0 Å². The van der Waals surface area contributed by atoms with Crippen molar-refractivity contribution in [1.82, 2.24) is 20.2 Å². The predicted octanol–water partition coefficient (Wildman–Crippen LogP) is -0.506. The number of piperidine rings is 1. The first-order valence-electron chi connectivity index (χ1n) is 6.60. The molecule has 0 aromatic rings. The second-order valence-corrected chi connectivity index (χ2v) is 5.41. The van der Waals surface area contributed by atoms with E-state index >= 15 is 0 Å². The zero-order chi connectivity index (χ0) is 14.0. The largest absolute Gasteiger partial charge is 0.323 e. The normalized spacial score (nSPS) is 26.2. The van der Waals surface area contributed by atoms with Crippen LogP contribution in [0.1, 0.15) is 12.8 Å². The maximum atomic E-state index is 12.0. The van der Waals surface area contributed by atoms with Gasteiger partial charge in [-0.15, -0.1) is 0 Å². The van der Waals surface area contributed by atoms with Crippen LogP contribution in [0.3, 0.4) is 0 Å². The van der Waals surface area contributed by atoms with E-state index in [4.69, 9.17) is 4.84 Å². The van der Waals surface area contributed by atoms with Gasteiger partial charge < -0.3 is 14.7 Å². The molecule has 0 saturated carbocycles. The fourth-order valence-electron chi connectivity index (χ4n) is 2.53. The summed E-state index contributed by atoms with van der Waals surface area (Å²) in [5, 5.41) is 0. The molecular weight excluding hydrogens is 248 g/mol. The van der Waals surface area contributed by atoms with Crippen LogP contribution in [0.4, 0.5) is 4.79 Å². The Bertz CT molecular complexity index is 361. The van der Waals surface area contributed by atoms with Crippen LogP contribution in [-0.2, 0) is 9.63 Å². The van der Waals surface area contributed by atoms with E-state index in [1.807, 2.05) is 19.0 Å². The summed E-state index contributed by atoms with van der Waals surface area (Å²) in [5.74, 6) is -0.221. The topological polar surface area (TPSA) is 65.1 Å². The molecule has 2 fully saturated rings. The second kappa shape index (κ2) is 5.75. The molecule has 0 radical (unpaired) electrons. The van der Waals surface area contributed by atoms with Gasteiger partial charge >= 0.3 is 6.03 Å². The first kappa shape index (κ1) is 14.1. The molecule has 1 N–H and O–H groups in total. The number of carbonyl (C=O) groups excluding carboxylic acids is 2. The minimum atomic E-state index is -0.395. The number of urea groups is 1. The zero-order valence-corrected chi connectivity index (χ0v) is 11.8. The van der Waals surface area contributed by atoms with Gasteiger partial charge in [0.25, 0.3) is 5.91 Å². The third kappa shape index (κ3) is 2.98. The zero-order valence-electron chi connectivity index (χ0n) is 11.8. The molecule has 2 heterocycles. The summed E-state index contributed by atoms with van der Waals surface area (Å²) in [5.41, 5.74) is 2.45. The molecule has 7 nitrogen and oxygen atoms in total. The van der Waals surface area contributed by atoms with E-state index in [1.54, 1.807) is 16.8 Å². The first-order valence-corrected chi connectivity index (χ1v) is 6.60. The molecule has 2 rings (SSSR count). The van der Waals surface area contributed by atoms with Gasteiger partial charge in [0.2, 0.25) is 0 Å². The highest BCUT2D eigenvalue weighted by Gasteiger charge is 2.45. The number of fused-ring (bicyclic) bond motifs is 2. The molecular formula is C12H22N4O3. The standard InChI is InChI=1S/C12H22N4O3/c1-14(2)6-7-19-13-11(17)10-5-4-9-8-16(10)12(18)15(9)3/h9-10H,4-8H2,1-3H3,(H,13,17)/t9-,10+/m1/s1. The Hall–Kier alpha value is -1.34. The Morgan fingerprint density at radius 3 is 2.89 bits per heavy atom. The Balaban J connectivity index is 1.81. The van der Waals surface area contributed by atoms with Crippen molar-refractivity contribution in [3.05, 3.63) is 0 Å². The molecule has 2 atom stereocenters. The van der Waals surface area contributed by atoms with Gasteiger partial charge in [-0.05, 0) is 26.9 Å². The average Bonchev–Trinajstić information content (AvgIpc) is 2.60. The molecule has 0 unspecified atom stereocenters. The molecule has 2 aliphatic heterocycles. The highest BCUT2D eigenvalue weighted by Crippen LogP contribution is 2.28. The maximum absolute atomic E-state index is 12.0. The minimum Gasteiger partial charge on any atom is -0.323 e. The maximum Gasteiger partial charge on any atom is 0.320 e. The van der Waals surface area contributed by atoms with Gasteiger partial charge in [0.15, 0.2) is 0 Å². The second-order valence-electron chi connectivity index (χ2n) is 5.41. The number of amides is 3. The van der Waals surface area contributed by atoms with Crippen molar-refractivity contribution in [2.75, 3.05) is 40.8 Å². The molecule has 0 aliphatic carbocycles. The predicted molar refractivity (Wildman–Crippen MR) is 69.3 cm³/mol. The number of nitrogens with one attached hydrogen (secondary N) is 1. The molecule has 7 heteroatoms. The molecule has 2 bridgehead atoms. The molecule has 2 saturated heterocycles. The van der Waals surface area contributed by atoms with Crippen molar-refractivity contribution in [3.8, 4) is 0 Å². The summed E-state index contributed by atoms with van der Waals surface area (Å²) in [7, 11) is 5.66. The van der Waals surface area contributed by atoms with Crippen LogP contribution in [0.5, 0.6) is 0 Å². The van der Waals surface area contributed by atoms with Crippen LogP contribution in [0.15, 0.2) is 0 Å². The number of hydroxylamine groups is 1. The molecule has 3 amide bonds. The molecule has 0 aromatic carbocycles. The van der Waals surface area contributed by atoms with Crippen molar-refractivity contribution >= 4 is 11.9 Å². The van der Waals surface area contributed by atoms with Crippen molar-refractivity contribution in [2.45, 2.75) is 24.9 Å². The summed E-state index contributed by atoms with van der Waals surface area (Å²) >= 11 is 0. The lowest BCUT2D eigenvalue weighted by Crippen LogP contribution is -2.50. The van der Waals surface area contributed by atoms with E-state index < -0.39 is 6.04 Å².